The molecule has 1 aromatic carbocycles. The van der Waals surface area contributed by atoms with Crippen LogP contribution >= 0.6 is 22.6 Å². The van der Waals surface area contributed by atoms with Crippen molar-refractivity contribution >= 4 is 34.5 Å². The van der Waals surface area contributed by atoms with Crippen molar-refractivity contribution in [3.8, 4) is 0 Å². The van der Waals surface area contributed by atoms with Crippen molar-refractivity contribution in [3.05, 3.63) is 32.9 Å². The average molecular weight is 361 g/mol. The molecule has 1 aromatic rings. The molecule has 0 aliphatic rings. The number of nitrogens with zero attached hydrogens (tertiary/aromatic N) is 1. The Morgan fingerprint density at radius 1 is 1.39 bits per heavy atom. The molecule has 0 bridgehead atoms. The molecule has 0 spiro atoms. The maximum Gasteiger partial charge on any atom is 0.323 e. The second-order valence-electron chi connectivity index (χ2n) is 4.06. The van der Waals surface area contributed by atoms with Gasteiger partial charge in [-0.3, -0.25) is 9.59 Å². The van der Waals surface area contributed by atoms with Crippen LogP contribution in [-0.2, 0) is 4.79 Å². The third-order valence-corrected chi connectivity index (χ3v) is 3.96. The van der Waals surface area contributed by atoms with Gasteiger partial charge in [0.15, 0.2) is 0 Å². The van der Waals surface area contributed by atoms with E-state index in [1.807, 2.05) is 26.0 Å². The second kappa shape index (κ2) is 6.72. The standard InChI is InChI=1S/C13H16INO3/c1-3-7-15(8-11(16)17)13(18)10-6-4-5-9(2)12(10)14/h4-6H,3,7-8H2,1-2H3,(H,16,17). The number of halogens is 1. The van der Waals surface area contributed by atoms with Crippen LogP contribution < -0.4 is 0 Å². The lowest BCUT2D eigenvalue weighted by Crippen LogP contribution is -2.36. The summed E-state index contributed by atoms with van der Waals surface area (Å²) in [5.74, 6) is -1.20. The number of carbonyl (C=O) groups is 2. The van der Waals surface area contributed by atoms with Gasteiger partial charge in [-0.05, 0) is 47.6 Å². The van der Waals surface area contributed by atoms with Gasteiger partial charge in [-0.2, -0.15) is 0 Å². The molecule has 0 aliphatic heterocycles. The number of carboxylic acid groups (broad SMARTS) is 1. The zero-order valence-electron chi connectivity index (χ0n) is 10.4. The van der Waals surface area contributed by atoms with Crippen LogP contribution in [0.1, 0.15) is 29.3 Å². The Morgan fingerprint density at radius 3 is 2.61 bits per heavy atom. The molecule has 4 nitrogen and oxygen atoms in total. The maximum atomic E-state index is 12.3. The second-order valence-corrected chi connectivity index (χ2v) is 5.14. The molecule has 0 saturated heterocycles. The first-order valence-electron chi connectivity index (χ1n) is 5.73. The van der Waals surface area contributed by atoms with Crippen molar-refractivity contribution in [2.75, 3.05) is 13.1 Å². The minimum atomic E-state index is -0.987. The van der Waals surface area contributed by atoms with Crippen molar-refractivity contribution in [2.24, 2.45) is 0 Å². The molecule has 0 unspecified atom stereocenters. The Labute approximate surface area is 120 Å². The number of aryl methyl sites for hydroxylation is 1. The van der Waals surface area contributed by atoms with Crippen LogP contribution in [-0.4, -0.2) is 35.0 Å². The molecule has 5 heteroatoms. The lowest BCUT2D eigenvalue weighted by molar-refractivity contribution is -0.137. The highest BCUT2D eigenvalue weighted by molar-refractivity contribution is 14.1. The van der Waals surface area contributed by atoms with Gasteiger partial charge in [0, 0.05) is 10.1 Å². The van der Waals surface area contributed by atoms with Crippen molar-refractivity contribution < 1.29 is 14.7 Å². The molecule has 0 aliphatic carbocycles. The number of benzene rings is 1. The summed E-state index contributed by atoms with van der Waals surface area (Å²) in [5, 5.41) is 8.83. The van der Waals surface area contributed by atoms with E-state index < -0.39 is 5.97 Å². The van der Waals surface area contributed by atoms with Crippen molar-refractivity contribution in [2.45, 2.75) is 20.3 Å². The molecule has 0 fully saturated rings. The number of rotatable bonds is 5. The van der Waals surface area contributed by atoms with E-state index in [4.69, 9.17) is 5.11 Å². The molecule has 98 valence electrons. The van der Waals surface area contributed by atoms with Gasteiger partial charge in [0.25, 0.3) is 5.91 Å². The van der Waals surface area contributed by atoms with Crippen LogP contribution in [0.2, 0.25) is 0 Å². The van der Waals surface area contributed by atoms with Gasteiger partial charge in [0.1, 0.15) is 6.54 Å². The predicted octanol–water partition coefficient (Wildman–Crippen LogP) is 2.54. The minimum Gasteiger partial charge on any atom is -0.480 e. The Hall–Kier alpha value is -1.11. The van der Waals surface area contributed by atoms with Crippen LogP contribution in [0.5, 0.6) is 0 Å². The molecular weight excluding hydrogens is 345 g/mol. The van der Waals surface area contributed by atoms with Crippen LogP contribution in [0.25, 0.3) is 0 Å². The lowest BCUT2D eigenvalue weighted by Gasteiger charge is -2.21. The lowest BCUT2D eigenvalue weighted by atomic mass is 10.1. The summed E-state index contributed by atoms with van der Waals surface area (Å²) in [6, 6.07) is 5.48. The Morgan fingerprint density at radius 2 is 2.06 bits per heavy atom. The first-order chi connectivity index (χ1) is 8.47. The molecular formula is C13H16INO3. The summed E-state index contributed by atoms with van der Waals surface area (Å²) < 4.78 is 0.881. The quantitative estimate of drug-likeness (QED) is 0.820. The number of amides is 1. The van der Waals surface area contributed by atoms with Gasteiger partial charge in [0.05, 0.1) is 5.56 Å². The van der Waals surface area contributed by atoms with E-state index in [2.05, 4.69) is 22.6 Å². The zero-order valence-corrected chi connectivity index (χ0v) is 12.6. The highest BCUT2D eigenvalue weighted by Gasteiger charge is 2.20. The Balaban J connectivity index is 3.01. The maximum absolute atomic E-state index is 12.3. The van der Waals surface area contributed by atoms with E-state index >= 15 is 0 Å². The Bertz CT molecular complexity index is 460. The van der Waals surface area contributed by atoms with E-state index in [1.165, 1.54) is 4.90 Å². The molecule has 1 amide bonds. The topological polar surface area (TPSA) is 57.6 Å². The molecule has 0 saturated carbocycles. The fourth-order valence-electron chi connectivity index (χ4n) is 1.67. The summed E-state index contributed by atoms with van der Waals surface area (Å²) in [5.41, 5.74) is 1.60. The number of hydrogen-bond acceptors (Lipinski definition) is 2. The van der Waals surface area contributed by atoms with Gasteiger partial charge in [-0.25, -0.2) is 0 Å². The fraction of sp³-hybridized carbons (Fsp3) is 0.385. The highest BCUT2D eigenvalue weighted by Crippen LogP contribution is 2.18. The highest BCUT2D eigenvalue weighted by atomic mass is 127. The number of carboxylic acids is 1. The molecule has 0 heterocycles. The summed E-state index contributed by atoms with van der Waals surface area (Å²) in [4.78, 5) is 24.5. The summed E-state index contributed by atoms with van der Waals surface area (Å²) >= 11 is 2.12. The van der Waals surface area contributed by atoms with Crippen molar-refractivity contribution in [1.29, 1.82) is 0 Å². The largest absolute Gasteiger partial charge is 0.480 e. The molecule has 0 radical (unpaired) electrons. The van der Waals surface area contributed by atoms with Crippen molar-refractivity contribution in [1.82, 2.24) is 4.90 Å². The number of aliphatic carboxylic acids is 1. The van der Waals surface area contributed by atoms with Crippen LogP contribution in [0.15, 0.2) is 18.2 Å². The Kier molecular flexibility index (Phi) is 5.58. The average Bonchev–Trinajstić information content (AvgIpc) is 2.31. The molecule has 1 rings (SSSR count). The van der Waals surface area contributed by atoms with Gasteiger partial charge < -0.3 is 10.0 Å². The van der Waals surface area contributed by atoms with E-state index in [0.29, 0.717) is 12.1 Å². The fourth-order valence-corrected chi connectivity index (χ4v) is 2.26. The first kappa shape index (κ1) is 14.9. The van der Waals surface area contributed by atoms with Gasteiger partial charge in [-0.15, -0.1) is 0 Å². The van der Waals surface area contributed by atoms with E-state index in [0.717, 1.165) is 15.6 Å². The van der Waals surface area contributed by atoms with Crippen LogP contribution in [0.4, 0.5) is 0 Å². The summed E-state index contributed by atoms with van der Waals surface area (Å²) in [6.45, 7) is 4.05. The first-order valence-corrected chi connectivity index (χ1v) is 6.81. The summed E-state index contributed by atoms with van der Waals surface area (Å²) in [7, 11) is 0. The molecule has 0 aromatic heterocycles. The molecule has 0 atom stereocenters. The van der Waals surface area contributed by atoms with E-state index in [9.17, 15) is 9.59 Å². The van der Waals surface area contributed by atoms with Gasteiger partial charge >= 0.3 is 5.97 Å². The monoisotopic (exact) mass is 361 g/mol. The van der Waals surface area contributed by atoms with Gasteiger partial charge in [-0.1, -0.05) is 19.1 Å². The number of hydrogen-bond donors (Lipinski definition) is 1. The van der Waals surface area contributed by atoms with Gasteiger partial charge in [0.2, 0.25) is 0 Å². The van der Waals surface area contributed by atoms with Crippen LogP contribution in [0.3, 0.4) is 0 Å². The molecule has 18 heavy (non-hydrogen) atoms. The summed E-state index contributed by atoms with van der Waals surface area (Å²) in [6.07, 6.45) is 0.738. The normalized spacial score (nSPS) is 10.2. The van der Waals surface area contributed by atoms with Crippen LogP contribution in [0, 0.1) is 10.5 Å². The minimum absolute atomic E-state index is 0.215. The zero-order chi connectivity index (χ0) is 13.7. The SMILES string of the molecule is CCCN(CC(=O)O)C(=O)c1cccc(C)c1I. The third kappa shape index (κ3) is 3.69. The third-order valence-electron chi connectivity index (χ3n) is 2.53. The van der Waals surface area contributed by atoms with E-state index in [-0.39, 0.29) is 12.5 Å². The predicted molar refractivity (Wildman–Crippen MR) is 77.7 cm³/mol. The smallest absolute Gasteiger partial charge is 0.323 e. The van der Waals surface area contributed by atoms with Crippen molar-refractivity contribution in [3.63, 3.8) is 0 Å². The van der Waals surface area contributed by atoms with E-state index in [1.54, 1.807) is 6.07 Å². The molecule has 1 N–H and O–H groups in total. The number of carbonyl (C=O) groups excluding carboxylic acids is 1.